The second-order valence-corrected chi connectivity index (χ2v) is 11.4. The average molecular weight is 542 g/mol. The van der Waals surface area contributed by atoms with Gasteiger partial charge in [0.25, 0.3) is 0 Å². The summed E-state index contributed by atoms with van der Waals surface area (Å²) in [5.74, 6) is 1.15. The van der Waals surface area contributed by atoms with Crippen LogP contribution in [0.3, 0.4) is 0 Å². The van der Waals surface area contributed by atoms with Gasteiger partial charge in [0.15, 0.2) is 12.1 Å². The maximum absolute atomic E-state index is 13.7. The molecule has 0 radical (unpaired) electrons. The van der Waals surface area contributed by atoms with Crippen molar-refractivity contribution in [3.05, 3.63) is 36.2 Å². The number of likely N-dealkylation sites (N-methyl/N-ethyl adjacent to an activating group) is 1. The molecule has 0 spiro atoms. The number of fused-ring (bicyclic) bond motifs is 2. The number of rotatable bonds is 12. The van der Waals surface area contributed by atoms with Gasteiger partial charge in [-0.3, -0.25) is 9.59 Å². The lowest BCUT2D eigenvalue weighted by molar-refractivity contribution is -0.124. The molecule has 4 rings (SSSR count). The maximum atomic E-state index is 13.7. The molecule has 39 heavy (non-hydrogen) atoms. The van der Waals surface area contributed by atoms with Crippen LogP contribution >= 0.6 is 0 Å². The first-order valence-corrected chi connectivity index (χ1v) is 14.1. The number of nitrogens with one attached hydrogen (secondary N) is 3. The van der Waals surface area contributed by atoms with Crippen molar-refractivity contribution in [1.82, 2.24) is 15.5 Å². The van der Waals surface area contributed by atoms with Gasteiger partial charge in [0, 0.05) is 61.8 Å². The first-order chi connectivity index (χ1) is 18.6. The molecule has 2 bridgehead atoms. The van der Waals surface area contributed by atoms with Crippen molar-refractivity contribution in [3.8, 4) is 0 Å². The van der Waals surface area contributed by atoms with E-state index in [0.29, 0.717) is 41.2 Å². The van der Waals surface area contributed by atoms with Crippen LogP contribution < -0.4 is 26.6 Å². The summed E-state index contributed by atoms with van der Waals surface area (Å²) in [5, 5.41) is 9.86. The zero-order valence-corrected chi connectivity index (χ0v) is 23.6. The van der Waals surface area contributed by atoms with Crippen LogP contribution in [0.2, 0.25) is 0 Å². The van der Waals surface area contributed by atoms with Crippen molar-refractivity contribution >= 4 is 29.3 Å². The summed E-state index contributed by atoms with van der Waals surface area (Å²) in [6.45, 7) is 13.2. The van der Waals surface area contributed by atoms with Crippen molar-refractivity contribution in [2.75, 3.05) is 43.4 Å². The number of carbonyl (C=O) groups is 2. The van der Waals surface area contributed by atoms with Gasteiger partial charge in [-0.05, 0) is 62.8 Å². The molecule has 5 N–H and O–H groups in total. The third-order valence-corrected chi connectivity index (χ3v) is 8.52. The number of carbonyl (C=O) groups excluding carboxylic acids is 2. The highest BCUT2D eigenvalue weighted by atomic mass is 19.1. The number of benzene rings is 1. The minimum absolute atomic E-state index is 0.0620. The number of hydrogen-bond acceptors (Lipinski definition) is 8. The van der Waals surface area contributed by atoms with Crippen LogP contribution in [0.25, 0.3) is 0 Å². The summed E-state index contributed by atoms with van der Waals surface area (Å²) >= 11 is 0. The van der Waals surface area contributed by atoms with Gasteiger partial charge in [0.2, 0.25) is 5.91 Å². The van der Waals surface area contributed by atoms with E-state index in [1.54, 1.807) is 0 Å². The van der Waals surface area contributed by atoms with Crippen LogP contribution in [0, 0.1) is 23.7 Å². The van der Waals surface area contributed by atoms with Crippen molar-refractivity contribution in [1.29, 1.82) is 0 Å². The Kier molecular flexibility index (Phi) is 9.15. The first-order valence-electron chi connectivity index (χ1n) is 14.1. The van der Waals surface area contributed by atoms with Crippen LogP contribution in [-0.4, -0.2) is 74.5 Å². The lowest BCUT2D eigenvalue weighted by Crippen LogP contribution is -2.51. The first kappa shape index (κ1) is 28.9. The SMILES string of the molecule is C=C(NC(N=CC(C)F)Nc1ccc(N2CCN(C)CC2)c(C(=O)CC)c1)NC1C2CC(CC2C)C1C(N)=O. The summed E-state index contributed by atoms with van der Waals surface area (Å²) in [5.41, 5.74) is 8.03. The molecule has 1 aromatic rings. The Hall–Kier alpha value is -3.14. The second kappa shape index (κ2) is 12.4. The number of primary amides is 1. The third-order valence-electron chi connectivity index (χ3n) is 8.52. The molecule has 214 valence electrons. The number of amides is 1. The minimum atomic E-state index is -1.24. The Morgan fingerprint density at radius 2 is 1.97 bits per heavy atom. The van der Waals surface area contributed by atoms with E-state index in [1.807, 2.05) is 25.1 Å². The van der Waals surface area contributed by atoms with Gasteiger partial charge in [-0.1, -0.05) is 20.4 Å². The lowest BCUT2D eigenvalue weighted by Gasteiger charge is -2.35. The number of piperazine rings is 1. The Bertz CT molecular complexity index is 1090. The number of hydrogen-bond donors (Lipinski definition) is 4. The van der Waals surface area contributed by atoms with E-state index in [4.69, 9.17) is 5.73 Å². The zero-order chi connectivity index (χ0) is 28.3. The molecular weight excluding hydrogens is 497 g/mol. The van der Waals surface area contributed by atoms with E-state index in [1.165, 1.54) is 13.1 Å². The Labute approximate surface area is 231 Å². The molecule has 10 heteroatoms. The molecule has 7 unspecified atom stereocenters. The largest absolute Gasteiger partial charge is 0.369 e. The number of ketones is 1. The Morgan fingerprint density at radius 1 is 1.26 bits per heavy atom. The van der Waals surface area contributed by atoms with Gasteiger partial charge in [-0.2, -0.15) is 0 Å². The molecule has 7 atom stereocenters. The minimum Gasteiger partial charge on any atom is -0.369 e. The number of anilines is 2. The van der Waals surface area contributed by atoms with E-state index in [0.717, 1.165) is 44.7 Å². The number of Topliss-reactive ketones (excluding diaryl/α,β-unsaturated/α-hetero) is 1. The molecule has 9 nitrogen and oxygen atoms in total. The molecule has 1 heterocycles. The molecule has 2 aliphatic carbocycles. The molecule has 1 amide bonds. The van der Waals surface area contributed by atoms with Crippen molar-refractivity contribution in [2.24, 2.45) is 34.4 Å². The maximum Gasteiger partial charge on any atom is 0.222 e. The smallest absolute Gasteiger partial charge is 0.222 e. The summed E-state index contributed by atoms with van der Waals surface area (Å²) < 4.78 is 13.7. The van der Waals surface area contributed by atoms with E-state index >= 15 is 0 Å². The van der Waals surface area contributed by atoms with Crippen LogP contribution in [-0.2, 0) is 4.79 Å². The van der Waals surface area contributed by atoms with E-state index in [-0.39, 0.29) is 23.7 Å². The Morgan fingerprint density at radius 3 is 2.62 bits per heavy atom. The van der Waals surface area contributed by atoms with Crippen LogP contribution in [0.1, 0.15) is 50.4 Å². The molecule has 3 fully saturated rings. The average Bonchev–Trinajstić information content (AvgIpc) is 3.44. The van der Waals surface area contributed by atoms with Gasteiger partial charge in [-0.15, -0.1) is 0 Å². The van der Waals surface area contributed by atoms with Crippen LogP contribution in [0.15, 0.2) is 35.6 Å². The third kappa shape index (κ3) is 6.72. The normalized spacial score (nSPS) is 28.3. The predicted octanol–water partition coefficient (Wildman–Crippen LogP) is 2.95. The van der Waals surface area contributed by atoms with Gasteiger partial charge in [0.1, 0.15) is 6.17 Å². The molecule has 1 saturated heterocycles. The molecular formula is C29H44FN7O2. The number of aliphatic imine (C=N–C) groups is 1. The van der Waals surface area contributed by atoms with E-state index in [9.17, 15) is 14.0 Å². The van der Waals surface area contributed by atoms with Crippen LogP contribution in [0.5, 0.6) is 0 Å². The molecule has 3 aliphatic rings. The summed E-state index contributed by atoms with van der Waals surface area (Å²) in [7, 11) is 2.10. The van der Waals surface area contributed by atoms with E-state index in [2.05, 4.69) is 51.3 Å². The van der Waals surface area contributed by atoms with Gasteiger partial charge in [-0.25, -0.2) is 9.38 Å². The number of halogens is 1. The topological polar surface area (TPSA) is 115 Å². The highest BCUT2D eigenvalue weighted by molar-refractivity contribution is 6.02. The zero-order valence-electron chi connectivity index (χ0n) is 23.6. The number of nitrogens with zero attached hydrogens (tertiary/aromatic N) is 3. The van der Waals surface area contributed by atoms with Gasteiger partial charge < -0.3 is 31.5 Å². The summed E-state index contributed by atoms with van der Waals surface area (Å²) in [6.07, 6.45) is 1.63. The standard InChI is InChI=1S/C29H44FN7O2/c1-6-25(38)23-15-21(7-8-24(23)37-11-9-36(5)10-12-37)35-29(32-16-18(3)30)34-19(4)33-27-22-14-20(13-17(22)2)26(27)28(31)39/h7-8,15-18,20,22,26-27,29,33-35H,4,6,9-14H2,1-3,5H3,(H2,31,39). The highest BCUT2D eigenvalue weighted by Gasteiger charge is 2.53. The second-order valence-electron chi connectivity index (χ2n) is 11.4. The monoisotopic (exact) mass is 541 g/mol. The molecule has 1 aromatic carbocycles. The fraction of sp³-hybridized carbons (Fsp3) is 0.621. The Balaban J connectivity index is 1.50. The molecule has 2 saturated carbocycles. The summed E-state index contributed by atoms with van der Waals surface area (Å²) in [6, 6.07) is 5.63. The van der Waals surface area contributed by atoms with Crippen LogP contribution in [0.4, 0.5) is 15.8 Å². The predicted molar refractivity (Wildman–Crippen MR) is 155 cm³/mol. The van der Waals surface area contributed by atoms with E-state index < -0.39 is 12.5 Å². The number of nitrogens with two attached hydrogens (primary N) is 1. The molecule has 1 aliphatic heterocycles. The number of alkyl halides is 1. The fourth-order valence-corrected chi connectivity index (χ4v) is 6.53. The lowest BCUT2D eigenvalue weighted by atomic mass is 9.78. The van der Waals surface area contributed by atoms with Crippen molar-refractivity contribution in [3.63, 3.8) is 0 Å². The van der Waals surface area contributed by atoms with Crippen molar-refractivity contribution in [2.45, 2.75) is 58.5 Å². The van der Waals surface area contributed by atoms with Crippen molar-refractivity contribution < 1.29 is 14.0 Å². The quantitative estimate of drug-likeness (QED) is 0.183. The molecule has 0 aromatic heterocycles. The summed E-state index contributed by atoms with van der Waals surface area (Å²) in [4.78, 5) is 34.0. The van der Waals surface area contributed by atoms with Gasteiger partial charge >= 0.3 is 0 Å². The fourth-order valence-electron chi connectivity index (χ4n) is 6.53. The highest BCUT2D eigenvalue weighted by Crippen LogP contribution is 2.51. The van der Waals surface area contributed by atoms with Gasteiger partial charge in [0.05, 0.1) is 11.7 Å².